The van der Waals surface area contributed by atoms with Gasteiger partial charge in [-0.2, -0.15) is 0 Å². The van der Waals surface area contributed by atoms with Gasteiger partial charge in [-0.1, -0.05) is 170 Å². The Bertz CT molecular complexity index is 3190. The summed E-state index contributed by atoms with van der Waals surface area (Å²) in [6.45, 7) is 16.6. The molecule has 0 amide bonds. The summed E-state index contributed by atoms with van der Waals surface area (Å²) in [6.07, 6.45) is 4.23. The van der Waals surface area contributed by atoms with Crippen molar-refractivity contribution in [3.8, 4) is 17.3 Å². The van der Waals surface area contributed by atoms with Crippen LogP contribution in [0.3, 0.4) is 0 Å². The van der Waals surface area contributed by atoms with Crippen LogP contribution in [0.1, 0.15) is 81.8 Å². The molecule has 7 aromatic carbocycles. The summed E-state index contributed by atoms with van der Waals surface area (Å²) in [7, 11) is 0. The lowest BCUT2D eigenvalue weighted by molar-refractivity contribution is 0.480. The van der Waals surface area contributed by atoms with Crippen LogP contribution in [0.15, 0.2) is 200 Å². The van der Waals surface area contributed by atoms with Gasteiger partial charge in [0.25, 0.3) is 0 Å². The van der Waals surface area contributed by atoms with E-state index in [-0.39, 0.29) is 16.2 Å². The van der Waals surface area contributed by atoms with Gasteiger partial charge in [-0.3, -0.25) is 4.57 Å². The number of nitrogens with zero attached hydrogens (tertiary/aromatic N) is 4. The molecule has 5 nitrogen and oxygen atoms in total. The van der Waals surface area contributed by atoms with Crippen molar-refractivity contribution in [3.05, 3.63) is 234 Å². The van der Waals surface area contributed by atoms with Crippen molar-refractivity contribution in [2.45, 2.75) is 64.7 Å². The van der Waals surface area contributed by atoms with E-state index in [0.29, 0.717) is 6.67 Å². The number of fused-ring (bicyclic) bond motifs is 3. The maximum Gasteiger partial charge on any atom is 0.137 e. The van der Waals surface area contributed by atoms with Crippen LogP contribution in [0.4, 0.5) is 11.4 Å². The van der Waals surface area contributed by atoms with Crippen molar-refractivity contribution in [2.75, 3.05) is 16.5 Å². The van der Waals surface area contributed by atoms with Gasteiger partial charge < -0.3 is 14.5 Å². The second-order valence-electron chi connectivity index (χ2n) is 19.5. The first-order valence-corrected chi connectivity index (χ1v) is 22.7. The molecule has 0 bridgehead atoms. The van der Waals surface area contributed by atoms with Gasteiger partial charge in [0, 0.05) is 57.5 Å². The zero-order chi connectivity index (χ0) is 44.9. The zero-order valence-corrected chi connectivity index (χ0v) is 38.5. The van der Waals surface area contributed by atoms with Crippen LogP contribution in [0.25, 0.3) is 33.3 Å². The summed E-state index contributed by atoms with van der Waals surface area (Å²) in [5.74, 6) is 2.40. The summed E-state index contributed by atoms with van der Waals surface area (Å²) in [6, 6.07) is 67.4. The van der Waals surface area contributed by atoms with Crippen LogP contribution in [-0.4, -0.2) is 16.2 Å². The van der Waals surface area contributed by atoms with Crippen LogP contribution < -0.4 is 14.5 Å². The van der Waals surface area contributed by atoms with Crippen molar-refractivity contribution >= 4 is 38.9 Å². The first kappa shape index (κ1) is 41.6. The predicted octanol–water partition coefficient (Wildman–Crippen LogP) is 15.2. The van der Waals surface area contributed by atoms with E-state index >= 15 is 0 Å². The lowest BCUT2D eigenvalue weighted by Crippen LogP contribution is -2.27. The third-order valence-electron chi connectivity index (χ3n) is 13.5. The molecule has 5 heteroatoms. The standard InChI is InChI=1S/C60H56N4O/c1-58(2,3)45-26-19-27-48(34-45)63-41-62(40-56(63)42-20-11-8-12-21-42)49-35-47(60(6,7)44-24-15-10-16-25-44)36-51(38-49)65-50-30-31-53-52-28-17-18-29-54(52)64(55(53)39-50)57-37-46(32-33-61-57)59(4,5)43-22-13-9-14-23-43/h8-40H,41H2,1-7H3. The SMILES string of the molecule is CC(C)(C)c1cccc(N2CN(c3cc(Oc4ccc5c6ccccc6n(-c6cc(C(C)(C)c7ccccc7)ccn6)c5c4)cc(C(C)(C)c4ccccc4)c3)C=C2c2ccccc2)c1. The Hall–Kier alpha value is -7.37. The minimum Gasteiger partial charge on any atom is -0.457 e. The van der Waals surface area contributed by atoms with Crippen LogP contribution in [0.2, 0.25) is 0 Å². The van der Waals surface area contributed by atoms with Crippen LogP contribution in [-0.2, 0) is 16.2 Å². The smallest absolute Gasteiger partial charge is 0.137 e. The molecule has 0 saturated heterocycles. The van der Waals surface area contributed by atoms with E-state index in [9.17, 15) is 0 Å². The van der Waals surface area contributed by atoms with Gasteiger partial charge in [0.1, 0.15) is 17.3 Å². The van der Waals surface area contributed by atoms with Crippen LogP contribution >= 0.6 is 0 Å². The fourth-order valence-corrected chi connectivity index (χ4v) is 9.38. The van der Waals surface area contributed by atoms with Crippen LogP contribution in [0.5, 0.6) is 11.5 Å². The number of rotatable bonds is 10. The Morgan fingerprint density at radius 3 is 1.78 bits per heavy atom. The first-order valence-electron chi connectivity index (χ1n) is 22.7. The number of hydrogen-bond donors (Lipinski definition) is 0. The Morgan fingerprint density at radius 2 is 1.08 bits per heavy atom. The molecule has 0 fully saturated rings. The molecule has 9 aromatic rings. The van der Waals surface area contributed by atoms with E-state index in [4.69, 9.17) is 9.72 Å². The molecule has 322 valence electrons. The van der Waals surface area contributed by atoms with Gasteiger partial charge in [-0.15, -0.1) is 0 Å². The van der Waals surface area contributed by atoms with Crippen LogP contribution in [0, 0.1) is 0 Å². The average Bonchev–Trinajstić information content (AvgIpc) is 3.92. The molecule has 1 aliphatic rings. The summed E-state index contributed by atoms with van der Waals surface area (Å²) >= 11 is 0. The minimum atomic E-state index is -0.317. The highest BCUT2D eigenvalue weighted by atomic mass is 16.5. The summed E-state index contributed by atoms with van der Waals surface area (Å²) < 4.78 is 9.35. The first-order chi connectivity index (χ1) is 31.3. The molecule has 1 aliphatic heterocycles. The largest absolute Gasteiger partial charge is 0.457 e. The van der Waals surface area contributed by atoms with E-state index in [0.717, 1.165) is 50.7 Å². The molecule has 65 heavy (non-hydrogen) atoms. The molecule has 0 N–H and O–H groups in total. The number of para-hydroxylation sites is 1. The minimum absolute atomic E-state index is 0.0207. The fraction of sp³-hybridized carbons (Fsp3) is 0.183. The molecule has 0 unspecified atom stereocenters. The number of ether oxygens (including phenoxy) is 1. The van der Waals surface area contributed by atoms with Gasteiger partial charge in [-0.05, 0) is 93.4 Å². The lowest BCUT2D eigenvalue weighted by atomic mass is 9.78. The predicted molar refractivity (Wildman–Crippen MR) is 272 cm³/mol. The molecule has 0 saturated carbocycles. The highest BCUT2D eigenvalue weighted by Gasteiger charge is 2.30. The van der Waals surface area contributed by atoms with Gasteiger partial charge in [-0.25, -0.2) is 4.98 Å². The van der Waals surface area contributed by atoms with Crippen molar-refractivity contribution in [3.63, 3.8) is 0 Å². The zero-order valence-electron chi connectivity index (χ0n) is 38.5. The molecule has 0 aliphatic carbocycles. The van der Waals surface area contributed by atoms with Crippen molar-refractivity contribution in [1.82, 2.24) is 9.55 Å². The Balaban J connectivity index is 1.08. The quantitative estimate of drug-likeness (QED) is 0.137. The molecule has 10 rings (SSSR count). The third kappa shape index (κ3) is 7.86. The lowest BCUT2D eigenvalue weighted by Gasteiger charge is -2.29. The number of anilines is 2. The molecular formula is C60H56N4O. The summed E-state index contributed by atoms with van der Waals surface area (Å²) in [5.41, 5.74) is 12.3. The average molecular weight is 849 g/mol. The van der Waals surface area contributed by atoms with Gasteiger partial charge in [0.05, 0.1) is 23.4 Å². The van der Waals surface area contributed by atoms with Crippen molar-refractivity contribution in [1.29, 1.82) is 0 Å². The molecule has 0 spiro atoms. The summed E-state index contributed by atoms with van der Waals surface area (Å²) in [5, 5.41) is 2.32. The number of pyridine rings is 1. The molecule has 0 atom stereocenters. The Labute approximate surface area is 383 Å². The van der Waals surface area contributed by atoms with E-state index in [2.05, 4.69) is 257 Å². The third-order valence-corrected chi connectivity index (χ3v) is 13.5. The van der Waals surface area contributed by atoms with E-state index < -0.39 is 0 Å². The second kappa shape index (κ2) is 16.3. The molecular weight excluding hydrogens is 793 g/mol. The van der Waals surface area contributed by atoms with E-state index in [1.807, 2.05) is 6.20 Å². The maximum absolute atomic E-state index is 7.06. The highest BCUT2D eigenvalue weighted by Crippen LogP contribution is 2.43. The normalized spacial score (nSPS) is 13.4. The van der Waals surface area contributed by atoms with E-state index in [1.165, 1.54) is 38.9 Å². The Kier molecular flexibility index (Phi) is 10.5. The van der Waals surface area contributed by atoms with Gasteiger partial charge >= 0.3 is 0 Å². The second-order valence-corrected chi connectivity index (χ2v) is 19.5. The monoisotopic (exact) mass is 848 g/mol. The van der Waals surface area contributed by atoms with Crippen molar-refractivity contribution < 1.29 is 4.74 Å². The number of benzene rings is 7. The molecule has 2 aromatic heterocycles. The van der Waals surface area contributed by atoms with Crippen molar-refractivity contribution in [2.24, 2.45) is 0 Å². The fourth-order valence-electron chi connectivity index (χ4n) is 9.38. The maximum atomic E-state index is 7.06. The molecule has 0 radical (unpaired) electrons. The number of aromatic nitrogens is 2. The van der Waals surface area contributed by atoms with E-state index in [1.54, 1.807) is 0 Å². The van der Waals surface area contributed by atoms with Gasteiger partial charge in [0.2, 0.25) is 0 Å². The summed E-state index contributed by atoms with van der Waals surface area (Å²) in [4.78, 5) is 9.79. The topological polar surface area (TPSA) is 33.5 Å². The Morgan fingerprint density at radius 1 is 0.462 bits per heavy atom. The highest BCUT2D eigenvalue weighted by molar-refractivity contribution is 6.09. The van der Waals surface area contributed by atoms with Gasteiger partial charge in [0.15, 0.2) is 0 Å². The molecule has 3 heterocycles. The number of hydrogen-bond acceptors (Lipinski definition) is 4.